The number of aryl methyl sites for hydroxylation is 1. The second kappa shape index (κ2) is 11.3. The van der Waals surface area contributed by atoms with Gasteiger partial charge in [-0.25, -0.2) is 17.9 Å². The average Bonchev–Trinajstić information content (AvgIpc) is 3.17. The minimum Gasteiger partial charge on any atom is -0.456 e. The molecule has 1 aromatic carbocycles. The third-order valence-corrected chi connectivity index (χ3v) is 6.42. The quantitative estimate of drug-likeness (QED) is 0.376. The third kappa shape index (κ3) is 8.18. The van der Waals surface area contributed by atoms with Crippen molar-refractivity contribution in [1.82, 2.24) is 10.0 Å². The molecule has 0 aliphatic carbocycles. The maximum Gasteiger partial charge on any atom is 0.329 e. The Kier molecular flexibility index (Phi) is 9.11. The molecule has 10 heteroatoms. The lowest BCUT2D eigenvalue weighted by molar-refractivity contribution is -0.145. The summed E-state index contributed by atoms with van der Waals surface area (Å²) in [5, 5.41) is 2.68. The summed E-state index contributed by atoms with van der Waals surface area (Å²) in [6.45, 7) is 5.22. The van der Waals surface area contributed by atoms with Crippen LogP contribution in [0.1, 0.15) is 44.3 Å². The van der Waals surface area contributed by atoms with Crippen molar-refractivity contribution in [2.45, 2.75) is 33.2 Å². The van der Waals surface area contributed by atoms with Gasteiger partial charge >= 0.3 is 5.97 Å². The first-order chi connectivity index (χ1) is 15.0. The molecule has 2 N–H and O–H groups in total. The number of hydrogen-bond acceptors (Lipinski definition) is 7. The Morgan fingerprint density at radius 3 is 2.47 bits per heavy atom. The molecule has 0 saturated heterocycles. The van der Waals surface area contributed by atoms with Gasteiger partial charge < -0.3 is 10.1 Å². The van der Waals surface area contributed by atoms with Gasteiger partial charge in [-0.05, 0) is 43.5 Å². The lowest BCUT2D eigenvalue weighted by atomic mass is 10.0. The Balaban J connectivity index is 1.91. The van der Waals surface area contributed by atoms with Crippen molar-refractivity contribution in [3.63, 3.8) is 0 Å². The van der Waals surface area contributed by atoms with Gasteiger partial charge in [0.05, 0.1) is 11.1 Å². The first kappa shape index (κ1) is 25.7. The highest BCUT2D eigenvalue weighted by molar-refractivity contribution is 7.88. The molecule has 0 spiro atoms. The van der Waals surface area contributed by atoms with Crippen LogP contribution in [0, 0.1) is 12.8 Å². The van der Waals surface area contributed by atoms with Crippen LogP contribution in [0.3, 0.4) is 0 Å². The number of benzene rings is 1. The summed E-state index contributed by atoms with van der Waals surface area (Å²) in [6, 6.07) is 9.48. The standard InChI is InChI=1S/C22H28N2O6S2/c1-14(2)20(24-21(26)16-7-5-6-15(3)12-16)22(27)30-13-18(25)19-9-8-17(31-19)10-11-23-32(4,28)29/h5-9,12,14,20,23H,10-11,13H2,1-4H3,(H,24,26)/t20-/m0/s1. The minimum atomic E-state index is -3.27. The summed E-state index contributed by atoms with van der Waals surface area (Å²) < 4.78 is 29.8. The number of rotatable bonds is 11. The molecule has 32 heavy (non-hydrogen) atoms. The van der Waals surface area contributed by atoms with Gasteiger partial charge in [0.25, 0.3) is 5.91 Å². The number of esters is 1. The molecule has 2 rings (SSSR count). The second-order valence-corrected chi connectivity index (χ2v) is 10.8. The number of carbonyl (C=O) groups is 3. The number of ketones is 1. The maximum atomic E-state index is 12.5. The summed E-state index contributed by atoms with van der Waals surface area (Å²) in [5.74, 6) is -1.66. The Hall–Kier alpha value is -2.56. The number of sulfonamides is 1. The summed E-state index contributed by atoms with van der Waals surface area (Å²) in [5.41, 5.74) is 1.37. The normalized spacial score (nSPS) is 12.4. The molecule has 0 aliphatic rings. The van der Waals surface area contributed by atoms with E-state index in [9.17, 15) is 22.8 Å². The maximum absolute atomic E-state index is 12.5. The minimum absolute atomic E-state index is 0.234. The number of Topliss-reactive ketones (excluding diaryl/α,β-unsaturated/α-hetero) is 1. The Morgan fingerprint density at radius 2 is 1.84 bits per heavy atom. The molecule has 1 atom stereocenters. The molecular weight excluding hydrogens is 452 g/mol. The molecule has 174 valence electrons. The Morgan fingerprint density at radius 1 is 1.12 bits per heavy atom. The summed E-state index contributed by atoms with van der Waals surface area (Å²) in [4.78, 5) is 38.7. The van der Waals surface area contributed by atoms with Gasteiger partial charge in [-0.1, -0.05) is 31.5 Å². The predicted molar refractivity (Wildman–Crippen MR) is 123 cm³/mol. The topological polar surface area (TPSA) is 119 Å². The van der Waals surface area contributed by atoms with Gasteiger partial charge in [0.1, 0.15) is 6.04 Å². The van der Waals surface area contributed by atoms with Crippen LogP contribution in [0.4, 0.5) is 0 Å². The van der Waals surface area contributed by atoms with E-state index in [0.717, 1.165) is 16.7 Å². The van der Waals surface area contributed by atoms with Crippen LogP contribution in [0.2, 0.25) is 0 Å². The largest absolute Gasteiger partial charge is 0.456 e. The van der Waals surface area contributed by atoms with E-state index in [-0.39, 0.29) is 24.2 Å². The van der Waals surface area contributed by atoms with E-state index in [2.05, 4.69) is 10.0 Å². The van der Waals surface area contributed by atoms with E-state index >= 15 is 0 Å². The van der Waals surface area contributed by atoms with Crippen LogP contribution in [0.25, 0.3) is 0 Å². The van der Waals surface area contributed by atoms with Crippen molar-refractivity contribution in [1.29, 1.82) is 0 Å². The Labute approximate surface area is 192 Å². The number of amides is 1. The molecule has 0 unspecified atom stereocenters. The SMILES string of the molecule is Cc1cccc(C(=O)N[C@H](C(=O)OCC(=O)c2ccc(CCNS(C)(=O)=O)s2)C(C)C)c1. The zero-order chi connectivity index (χ0) is 23.9. The molecule has 0 fully saturated rings. The fraction of sp³-hybridized carbons (Fsp3) is 0.409. The second-order valence-electron chi connectivity index (χ2n) is 7.78. The number of ether oxygens (including phenoxy) is 1. The first-order valence-corrected chi connectivity index (χ1v) is 12.8. The van der Waals surface area contributed by atoms with E-state index < -0.39 is 28.6 Å². The zero-order valence-corrected chi connectivity index (χ0v) is 20.1. The van der Waals surface area contributed by atoms with Crippen LogP contribution in [-0.4, -0.2) is 51.5 Å². The van der Waals surface area contributed by atoms with Gasteiger partial charge in [-0.15, -0.1) is 11.3 Å². The van der Waals surface area contributed by atoms with Crippen molar-refractivity contribution in [3.8, 4) is 0 Å². The number of carbonyl (C=O) groups excluding carboxylic acids is 3. The lowest BCUT2D eigenvalue weighted by Crippen LogP contribution is -2.45. The van der Waals surface area contributed by atoms with Gasteiger partial charge in [0.15, 0.2) is 6.61 Å². The van der Waals surface area contributed by atoms with Crippen LogP contribution in [-0.2, 0) is 26.0 Å². The summed E-state index contributed by atoms with van der Waals surface area (Å²) in [7, 11) is -3.27. The van der Waals surface area contributed by atoms with E-state index in [1.165, 1.54) is 11.3 Å². The highest BCUT2D eigenvalue weighted by atomic mass is 32.2. The van der Waals surface area contributed by atoms with E-state index in [4.69, 9.17) is 4.74 Å². The molecule has 0 saturated carbocycles. The van der Waals surface area contributed by atoms with Crippen molar-refractivity contribution in [2.24, 2.45) is 5.92 Å². The molecule has 0 bridgehead atoms. The molecule has 2 aromatic rings. The predicted octanol–water partition coefficient (Wildman–Crippen LogP) is 2.33. The molecule has 8 nitrogen and oxygen atoms in total. The van der Waals surface area contributed by atoms with Gasteiger partial charge in [-0.2, -0.15) is 0 Å². The van der Waals surface area contributed by atoms with Crippen LogP contribution in [0.15, 0.2) is 36.4 Å². The third-order valence-electron chi connectivity index (χ3n) is 4.51. The highest BCUT2D eigenvalue weighted by Gasteiger charge is 2.27. The van der Waals surface area contributed by atoms with Gasteiger partial charge in [-0.3, -0.25) is 9.59 Å². The Bertz CT molecular complexity index is 1080. The summed E-state index contributed by atoms with van der Waals surface area (Å²) in [6.07, 6.45) is 1.53. The molecule has 0 aliphatic heterocycles. The number of nitrogens with one attached hydrogen (secondary N) is 2. The van der Waals surface area contributed by atoms with E-state index in [0.29, 0.717) is 16.9 Å². The summed E-state index contributed by atoms with van der Waals surface area (Å²) >= 11 is 1.22. The van der Waals surface area contributed by atoms with Crippen molar-refractivity contribution >= 4 is 39.0 Å². The van der Waals surface area contributed by atoms with E-state index in [1.807, 2.05) is 13.0 Å². The fourth-order valence-corrected chi connectivity index (χ4v) is 4.23. The first-order valence-electron chi connectivity index (χ1n) is 10.1. The van der Waals surface area contributed by atoms with E-state index in [1.54, 1.807) is 44.2 Å². The fourth-order valence-electron chi connectivity index (χ4n) is 2.83. The monoisotopic (exact) mass is 480 g/mol. The average molecular weight is 481 g/mol. The van der Waals surface area contributed by atoms with Crippen molar-refractivity contribution in [2.75, 3.05) is 19.4 Å². The smallest absolute Gasteiger partial charge is 0.329 e. The van der Waals surface area contributed by atoms with Crippen LogP contribution >= 0.6 is 11.3 Å². The van der Waals surface area contributed by atoms with Crippen molar-refractivity contribution in [3.05, 3.63) is 57.3 Å². The van der Waals surface area contributed by atoms with Crippen LogP contribution < -0.4 is 10.0 Å². The molecule has 1 amide bonds. The number of hydrogen-bond donors (Lipinski definition) is 2. The van der Waals surface area contributed by atoms with Gasteiger partial charge in [0.2, 0.25) is 15.8 Å². The molecular formula is C22H28N2O6S2. The molecule has 0 radical (unpaired) electrons. The molecule has 1 aromatic heterocycles. The number of thiophene rings is 1. The zero-order valence-electron chi connectivity index (χ0n) is 18.5. The van der Waals surface area contributed by atoms with Crippen molar-refractivity contribution < 1.29 is 27.5 Å². The highest BCUT2D eigenvalue weighted by Crippen LogP contribution is 2.18. The lowest BCUT2D eigenvalue weighted by Gasteiger charge is -2.20. The molecule has 1 heterocycles. The van der Waals surface area contributed by atoms with Gasteiger partial charge in [0, 0.05) is 17.0 Å². The van der Waals surface area contributed by atoms with Crippen LogP contribution in [0.5, 0.6) is 0 Å².